The summed E-state index contributed by atoms with van der Waals surface area (Å²) in [6.45, 7) is 5.60. The quantitative estimate of drug-likeness (QED) is 0.875. The Morgan fingerprint density at radius 1 is 1.04 bits per heavy atom. The number of benzene rings is 1. The van der Waals surface area contributed by atoms with Crippen molar-refractivity contribution in [3.63, 3.8) is 0 Å². The lowest BCUT2D eigenvalue weighted by atomic mass is 9.75. The normalized spacial score (nSPS) is 23.1. The Bertz CT molecular complexity index is 612. The van der Waals surface area contributed by atoms with Gasteiger partial charge in [0, 0.05) is 30.4 Å². The fourth-order valence-corrected chi connectivity index (χ4v) is 4.09. The maximum absolute atomic E-state index is 12.8. The van der Waals surface area contributed by atoms with Gasteiger partial charge in [0.2, 0.25) is 0 Å². The second-order valence-electron chi connectivity index (χ2n) is 7.67. The van der Waals surface area contributed by atoms with Crippen molar-refractivity contribution in [2.75, 3.05) is 18.4 Å². The first kappa shape index (κ1) is 17.8. The summed E-state index contributed by atoms with van der Waals surface area (Å²) >= 11 is 0. The molecule has 25 heavy (non-hydrogen) atoms. The van der Waals surface area contributed by atoms with Gasteiger partial charge in [0.05, 0.1) is 0 Å². The molecule has 2 N–H and O–H groups in total. The van der Waals surface area contributed by atoms with Crippen molar-refractivity contribution in [3.05, 3.63) is 29.8 Å². The first-order valence-corrected chi connectivity index (χ1v) is 9.50. The van der Waals surface area contributed by atoms with E-state index in [2.05, 4.69) is 10.6 Å². The molecule has 3 amide bonds. The van der Waals surface area contributed by atoms with Crippen LogP contribution >= 0.6 is 0 Å². The number of nitrogens with one attached hydrogen (secondary N) is 2. The van der Waals surface area contributed by atoms with Crippen molar-refractivity contribution in [3.8, 4) is 0 Å². The van der Waals surface area contributed by atoms with Gasteiger partial charge in [0.25, 0.3) is 5.91 Å². The molecule has 2 aliphatic rings. The highest BCUT2D eigenvalue weighted by molar-refractivity contribution is 5.95. The van der Waals surface area contributed by atoms with Gasteiger partial charge in [-0.2, -0.15) is 0 Å². The van der Waals surface area contributed by atoms with Crippen LogP contribution in [0, 0.1) is 11.8 Å². The lowest BCUT2D eigenvalue weighted by Crippen LogP contribution is -2.44. The van der Waals surface area contributed by atoms with E-state index in [-0.39, 0.29) is 18.0 Å². The number of urea groups is 1. The van der Waals surface area contributed by atoms with E-state index in [4.69, 9.17) is 0 Å². The molecule has 0 unspecified atom stereocenters. The molecular weight excluding hydrogens is 314 g/mol. The number of piperidine rings is 1. The molecule has 5 heteroatoms. The monoisotopic (exact) mass is 343 g/mol. The van der Waals surface area contributed by atoms with Crippen molar-refractivity contribution in [1.82, 2.24) is 10.2 Å². The van der Waals surface area contributed by atoms with Crippen LogP contribution in [0.4, 0.5) is 10.5 Å². The highest BCUT2D eigenvalue weighted by atomic mass is 16.2. The predicted molar refractivity (Wildman–Crippen MR) is 99.7 cm³/mol. The van der Waals surface area contributed by atoms with Crippen LogP contribution in [0.2, 0.25) is 0 Å². The van der Waals surface area contributed by atoms with Crippen LogP contribution in [-0.2, 0) is 0 Å². The van der Waals surface area contributed by atoms with Crippen molar-refractivity contribution in [2.24, 2.45) is 11.8 Å². The van der Waals surface area contributed by atoms with E-state index in [1.807, 2.05) is 18.7 Å². The number of amides is 3. The zero-order chi connectivity index (χ0) is 17.8. The third-order valence-electron chi connectivity index (χ3n) is 5.39. The number of rotatable bonds is 3. The zero-order valence-corrected chi connectivity index (χ0v) is 15.3. The maximum atomic E-state index is 12.8. The molecule has 2 fully saturated rings. The molecule has 1 aromatic rings. The summed E-state index contributed by atoms with van der Waals surface area (Å²) in [6.07, 6.45) is 6.41. The SMILES string of the molecule is CC(C)NC(=O)Nc1ccc(C(=O)N2CC[C@H]3CCCC[C@H]3C2)cc1. The second-order valence-corrected chi connectivity index (χ2v) is 7.67. The van der Waals surface area contributed by atoms with Crippen molar-refractivity contribution < 1.29 is 9.59 Å². The third kappa shape index (κ3) is 4.53. The smallest absolute Gasteiger partial charge is 0.319 e. The van der Waals surface area contributed by atoms with Gasteiger partial charge in [-0.3, -0.25) is 4.79 Å². The maximum Gasteiger partial charge on any atom is 0.319 e. The van der Waals surface area contributed by atoms with Gasteiger partial charge < -0.3 is 15.5 Å². The molecule has 3 rings (SSSR count). The molecule has 0 radical (unpaired) electrons. The predicted octanol–water partition coefficient (Wildman–Crippen LogP) is 3.87. The summed E-state index contributed by atoms with van der Waals surface area (Å²) in [7, 11) is 0. The number of likely N-dealkylation sites (tertiary alicyclic amines) is 1. The Morgan fingerprint density at radius 2 is 1.72 bits per heavy atom. The summed E-state index contributed by atoms with van der Waals surface area (Å²) < 4.78 is 0. The van der Waals surface area contributed by atoms with Gasteiger partial charge >= 0.3 is 6.03 Å². The zero-order valence-electron chi connectivity index (χ0n) is 15.3. The first-order chi connectivity index (χ1) is 12.0. The van der Waals surface area contributed by atoms with Gasteiger partial charge in [-0.25, -0.2) is 4.79 Å². The summed E-state index contributed by atoms with van der Waals surface area (Å²) in [5, 5.41) is 5.56. The van der Waals surface area contributed by atoms with E-state index in [0.29, 0.717) is 17.2 Å². The van der Waals surface area contributed by atoms with Gasteiger partial charge in [-0.15, -0.1) is 0 Å². The molecule has 0 spiro atoms. The minimum absolute atomic E-state index is 0.0866. The van der Waals surface area contributed by atoms with Crippen LogP contribution in [0.25, 0.3) is 0 Å². The number of hydrogen-bond acceptors (Lipinski definition) is 2. The molecular formula is C20H29N3O2. The van der Waals surface area contributed by atoms with E-state index in [9.17, 15) is 9.59 Å². The molecule has 1 aliphatic heterocycles. The average molecular weight is 343 g/mol. The van der Waals surface area contributed by atoms with Gasteiger partial charge in [0.1, 0.15) is 0 Å². The standard InChI is InChI=1S/C20H29N3O2/c1-14(2)21-20(25)22-18-9-7-16(8-10-18)19(24)23-12-11-15-5-3-4-6-17(15)13-23/h7-10,14-15,17H,3-6,11-13H2,1-2H3,(H2,21,22,25)/t15-,17+/m1/s1. The van der Waals surface area contributed by atoms with Crippen molar-refractivity contribution in [2.45, 2.75) is 52.0 Å². The van der Waals surface area contributed by atoms with Crippen LogP contribution < -0.4 is 10.6 Å². The van der Waals surface area contributed by atoms with E-state index in [0.717, 1.165) is 25.4 Å². The van der Waals surface area contributed by atoms with Crippen LogP contribution in [0.3, 0.4) is 0 Å². The third-order valence-corrected chi connectivity index (χ3v) is 5.39. The molecule has 0 bridgehead atoms. The van der Waals surface area contributed by atoms with Crippen molar-refractivity contribution >= 4 is 17.6 Å². The lowest BCUT2D eigenvalue weighted by Gasteiger charge is -2.41. The molecule has 1 saturated heterocycles. The number of carbonyl (C=O) groups excluding carboxylic acids is 2. The Balaban J connectivity index is 1.58. The number of carbonyl (C=O) groups is 2. The summed E-state index contributed by atoms with van der Waals surface area (Å²) in [4.78, 5) is 26.5. The Hall–Kier alpha value is -2.04. The minimum Gasteiger partial charge on any atom is -0.338 e. The summed E-state index contributed by atoms with van der Waals surface area (Å²) in [5.41, 5.74) is 1.39. The molecule has 1 saturated carbocycles. The topological polar surface area (TPSA) is 61.4 Å². The minimum atomic E-state index is -0.228. The van der Waals surface area contributed by atoms with Gasteiger partial charge in [-0.1, -0.05) is 19.3 Å². The number of anilines is 1. The molecule has 5 nitrogen and oxygen atoms in total. The molecule has 1 heterocycles. The summed E-state index contributed by atoms with van der Waals surface area (Å²) in [5.74, 6) is 1.62. The van der Waals surface area contributed by atoms with E-state index < -0.39 is 0 Å². The highest BCUT2D eigenvalue weighted by Gasteiger charge is 2.33. The van der Waals surface area contributed by atoms with Gasteiger partial charge in [0.15, 0.2) is 0 Å². The summed E-state index contributed by atoms with van der Waals surface area (Å²) in [6, 6.07) is 7.05. The number of fused-ring (bicyclic) bond motifs is 1. The lowest BCUT2D eigenvalue weighted by molar-refractivity contribution is 0.0521. The first-order valence-electron chi connectivity index (χ1n) is 9.50. The molecule has 2 atom stereocenters. The molecule has 1 aliphatic carbocycles. The fourth-order valence-electron chi connectivity index (χ4n) is 4.09. The molecule has 0 aromatic heterocycles. The molecule has 136 valence electrons. The second kappa shape index (κ2) is 7.89. The Labute approximate surface area is 150 Å². The van der Waals surface area contributed by atoms with Crippen LogP contribution in [0.15, 0.2) is 24.3 Å². The van der Waals surface area contributed by atoms with E-state index in [1.54, 1.807) is 24.3 Å². The van der Waals surface area contributed by atoms with Crippen molar-refractivity contribution in [1.29, 1.82) is 0 Å². The largest absolute Gasteiger partial charge is 0.338 e. The Kier molecular flexibility index (Phi) is 5.61. The van der Waals surface area contributed by atoms with Crippen LogP contribution in [0.5, 0.6) is 0 Å². The van der Waals surface area contributed by atoms with Crippen LogP contribution in [0.1, 0.15) is 56.3 Å². The van der Waals surface area contributed by atoms with Gasteiger partial charge in [-0.05, 0) is 62.8 Å². The molecule has 1 aromatic carbocycles. The van der Waals surface area contributed by atoms with E-state index in [1.165, 1.54) is 25.7 Å². The fraction of sp³-hybridized carbons (Fsp3) is 0.600. The van der Waals surface area contributed by atoms with Crippen LogP contribution in [-0.4, -0.2) is 36.0 Å². The van der Waals surface area contributed by atoms with E-state index >= 15 is 0 Å². The number of hydrogen-bond donors (Lipinski definition) is 2. The average Bonchev–Trinajstić information content (AvgIpc) is 2.60. The highest BCUT2D eigenvalue weighted by Crippen LogP contribution is 2.36. The Morgan fingerprint density at radius 3 is 2.40 bits per heavy atom. The number of nitrogens with zero attached hydrogens (tertiary/aromatic N) is 1.